The molecule has 0 radical (unpaired) electrons. The zero-order chi connectivity index (χ0) is 15.4. The largest absolute Gasteiger partial charge is 0.480 e. The zero-order valence-corrected chi connectivity index (χ0v) is 13.6. The summed E-state index contributed by atoms with van der Waals surface area (Å²) in [7, 11) is 0. The fourth-order valence-corrected chi connectivity index (χ4v) is 4.13. The highest BCUT2D eigenvalue weighted by atomic mass is 16.4. The first kappa shape index (κ1) is 16.0. The molecule has 2 fully saturated rings. The second-order valence-corrected chi connectivity index (χ2v) is 7.28. The molecule has 1 aliphatic carbocycles. The van der Waals surface area contributed by atoms with Crippen LogP contribution in [0.15, 0.2) is 12.2 Å². The Morgan fingerprint density at radius 1 is 1.14 bits per heavy atom. The molecule has 4 nitrogen and oxygen atoms in total. The number of nitrogens with zero attached hydrogens (tertiary/aromatic N) is 1. The van der Waals surface area contributed by atoms with Gasteiger partial charge in [0.25, 0.3) is 0 Å². The van der Waals surface area contributed by atoms with Gasteiger partial charge in [-0.25, -0.2) is 0 Å². The van der Waals surface area contributed by atoms with Gasteiger partial charge in [-0.3, -0.25) is 15.0 Å². The summed E-state index contributed by atoms with van der Waals surface area (Å²) in [5, 5.41) is 13.0. The number of carboxylic acid groups (broad SMARTS) is 1. The third-order valence-electron chi connectivity index (χ3n) is 5.73. The lowest BCUT2D eigenvalue weighted by Crippen LogP contribution is -2.47. The van der Waals surface area contributed by atoms with Crippen LogP contribution in [0, 0.1) is 5.92 Å². The van der Waals surface area contributed by atoms with Crippen molar-refractivity contribution in [1.82, 2.24) is 10.2 Å². The molecular formula is C18H30N2O2. The van der Waals surface area contributed by atoms with E-state index >= 15 is 0 Å². The number of carbonyl (C=O) groups is 1. The average molecular weight is 306 g/mol. The first-order chi connectivity index (χ1) is 10.7. The van der Waals surface area contributed by atoms with Crippen molar-refractivity contribution in [3.8, 4) is 0 Å². The monoisotopic (exact) mass is 306 g/mol. The smallest absolute Gasteiger partial charge is 0.324 e. The van der Waals surface area contributed by atoms with Crippen LogP contribution in [0.4, 0.5) is 0 Å². The van der Waals surface area contributed by atoms with Gasteiger partial charge in [0.1, 0.15) is 5.54 Å². The number of fused-ring (bicyclic) bond motifs is 2. The van der Waals surface area contributed by atoms with Crippen molar-refractivity contribution < 1.29 is 9.90 Å². The highest BCUT2D eigenvalue weighted by Gasteiger charge is 2.59. The van der Waals surface area contributed by atoms with E-state index in [1.165, 1.54) is 58.0 Å². The maximum absolute atomic E-state index is 11.7. The fraction of sp³-hybridized carbons (Fsp3) is 0.833. The molecule has 2 heterocycles. The number of carboxylic acids is 1. The van der Waals surface area contributed by atoms with Crippen LogP contribution in [0.5, 0.6) is 0 Å². The number of rotatable bonds is 1. The Hall–Kier alpha value is -0.870. The highest BCUT2D eigenvalue weighted by Crippen LogP contribution is 2.45. The molecule has 0 aromatic carbocycles. The Morgan fingerprint density at radius 2 is 1.91 bits per heavy atom. The van der Waals surface area contributed by atoms with Gasteiger partial charge >= 0.3 is 5.97 Å². The molecule has 3 aliphatic rings. The van der Waals surface area contributed by atoms with Gasteiger partial charge in [-0.15, -0.1) is 0 Å². The molecule has 1 saturated carbocycles. The summed E-state index contributed by atoms with van der Waals surface area (Å²) < 4.78 is 0. The van der Waals surface area contributed by atoms with Crippen molar-refractivity contribution in [1.29, 1.82) is 0 Å². The third kappa shape index (κ3) is 3.54. The van der Waals surface area contributed by atoms with Gasteiger partial charge in [-0.05, 0) is 51.6 Å². The van der Waals surface area contributed by atoms with Gasteiger partial charge in [0.05, 0.1) is 0 Å². The quantitative estimate of drug-likeness (QED) is 0.732. The molecule has 22 heavy (non-hydrogen) atoms. The van der Waals surface area contributed by atoms with Crippen molar-refractivity contribution in [2.24, 2.45) is 5.92 Å². The molecular weight excluding hydrogens is 276 g/mol. The molecule has 0 bridgehead atoms. The lowest BCUT2D eigenvalue weighted by molar-refractivity contribution is -0.141. The molecule has 0 aromatic heterocycles. The minimum Gasteiger partial charge on any atom is -0.480 e. The molecule has 3 unspecified atom stereocenters. The van der Waals surface area contributed by atoms with Gasteiger partial charge in [-0.1, -0.05) is 31.4 Å². The number of hydrogen-bond acceptors (Lipinski definition) is 3. The third-order valence-corrected chi connectivity index (χ3v) is 5.73. The van der Waals surface area contributed by atoms with Crippen molar-refractivity contribution >= 4 is 5.97 Å². The molecule has 0 amide bonds. The van der Waals surface area contributed by atoms with E-state index in [1.807, 2.05) is 0 Å². The molecule has 4 heteroatoms. The van der Waals surface area contributed by atoms with E-state index in [-0.39, 0.29) is 5.92 Å². The summed E-state index contributed by atoms with van der Waals surface area (Å²) in [5.74, 6) is -0.485. The Kier molecular flexibility index (Phi) is 5.19. The molecule has 2 N–H and O–H groups in total. The second kappa shape index (κ2) is 7.14. The predicted molar refractivity (Wildman–Crippen MR) is 87.9 cm³/mol. The van der Waals surface area contributed by atoms with E-state index in [1.54, 1.807) is 0 Å². The number of allylic oxidation sites excluding steroid dienone is 1. The molecule has 3 rings (SSSR count). The van der Waals surface area contributed by atoms with Gasteiger partial charge in [-0.2, -0.15) is 0 Å². The molecule has 3 atom stereocenters. The maximum Gasteiger partial charge on any atom is 0.324 e. The molecule has 2 aliphatic heterocycles. The Morgan fingerprint density at radius 3 is 2.77 bits per heavy atom. The van der Waals surface area contributed by atoms with Gasteiger partial charge < -0.3 is 5.11 Å². The van der Waals surface area contributed by atoms with Crippen LogP contribution in [0.1, 0.15) is 57.8 Å². The minimum atomic E-state index is -0.676. The normalized spacial score (nSPS) is 39.1. The van der Waals surface area contributed by atoms with Crippen LogP contribution >= 0.6 is 0 Å². The Bertz CT molecular complexity index is 423. The van der Waals surface area contributed by atoms with Crippen LogP contribution in [0.2, 0.25) is 0 Å². The first-order valence-corrected chi connectivity index (χ1v) is 9.11. The molecule has 1 saturated heterocycles. The SMILES string of the molecule is O=C(O)C12CC1/C=C\CCCCCCCN1CCCC1CN2. The van der Waals surface area contributed by atoms with E-state index in [0.29, 0.717) is 6.04 Å². The molecule has 0 aromatic rings. The van der Waals surface area contributed by atoms with Crippen LogP contribution in [0.25, 0.3) is 0 Å². The van der Waals surface area contributed by atoms with Crippen molar-refractivity contribution in [2.45, 2.75) is 69.4 Å². The number of nitrogens with one attached hydrogen (secondary N) is 1. The predicted octanol–water partition coefficient (Wildman–Crippen LogP) is 2.79. The van der Waals surface area contributed by atoms with E-state index in [9.17, 15) is 9.90 Å². The molecule has 0 spiro atoms. The standard InChI is InChI=1S/C18H30N2O2/c21-17(22)18-13-15(18)9-6-4-2-1-3-5-7-11-20-12-8-10-16(20)14-19-18/h6,9,15-16,19H,1-5,7-8,10-14H2,(H,21,22)/b9-6-. The maximum atomic E-state index is 11.7. The topological polar surface area (TPSA) is 52.6 Å². The summed E-state index contributed by atoms with van der Waals surface area (Å²) in [6.07, 6.45) is 15.2. The summed E-state index contributed by atoms with van der Waals surface area (Å²) in [5.41, 5.74) is -0.676. The van der Waals surface area contributed by atoms with Crippen molar-refractivity contribution in [3.05, 3.63) is 12.2 Å². The minimum absolute atomic E-state index is 0.185. The van der Waals surface area contributed by atoms with Gasteiger partial charge in [0.2, 0.25) is 0 Å². The van der Waals surface area contributed by atoms with Crippen molar-refractivity contribution in [2.75, 3.05) is 19.6 Å². The highest BCUT2D eigenvalue weighted by molar-refractivity contribution is 5.84. The summed E-state index contributed by atoms with van der Waals surface area (Å²) in [6.45, 7) is 3.21. The van der Waals surface area contributed by atoms with Crippen molar-refractivity contribution in [3.63, 3.8) is 0 Å². The zero-order valence-electron chi connectivity index (χ0n) is 13.6. The van der Waals surface area contributed by atoms with Gasteiger partial charge in [0.15, 0.2) is 0 Å². The van der Waals surface area contributed by atoms with E-state index < -0.39 is 11.5 Å². The summed E-state index contributed by atoms with van der Waals surface area (Å²) >= 11 is 0. The number of hydrogen-bond donors (Lipinski definition) is 2. The second-order valence-electron chi connectivity index (χ2n) is 7.28. The summed E-state index contributed by atoms with van der Waals surface area (Å²) in [4.78, 5) is 14.3. The van der Waals surface area contributed by atoms with Crippen LogP contribution in [-0.4, -0.2) is 47.2 Å². The lowest BCUT2D eigenvalue weighted by atomic mass is 10.1. The Labute approximate surface area is 134 Å². The fourth-order valence-electron chi connectivity index (χ4n) is 4.13. The van der Waals surface area contributed by atoms with Gasteiger partial charge in [0, 0.05) is 18.5 Å². The van der Waals surface area contributed by atoms with E-state index in [0.717, 1.165) is 19.4 Å². The number of aliphatic carboxylic acids is 1. The average Bonchev–Trinajstić information content (AvgIpc) is 3.04. The van der Waals surface area contributed by atoms with E-state index in [2.05, 4.69) is 22.4 Å². The van der Waals surface area contributed by atoms with Crippen LogP contribution in [0.3, 0.4) is 0 Å². The van der Waals surface area contributed by atoms with Crippen LogP contribution in [-0.2, 0) is 4.79 Å². The Balaban J connectivity index is 1.64. The van der Waals surface area contributed by atoms with Crippen LogP contribution < -0.4 is 5.32 Å². The van der Waals surface area contributed by atoms with E-state index in [4.69, 9.17) is 0 Å². The lowest BCUT2D eigenvalue weighted by Gasteiger charge is -2.26. The molecule has 124 valence electrons. The first-order valence-electron chi connectivity index (χ1n) is 9.11. The summed E-state index contributed by atoms with van der Waals surface area (Å²) in [6, 6.07) is 0.534.